The van der Waals surface area contributed by atoms with E-state index < -0.39 is 6.10 Å². The van der Waals surface area contributed by atoms with Gasteiger partial charge in [-0.05, 0) is 37.1 Å². The highest BCUT2D eigenvalue weighted by molar-refractivity contribution is 5.74. The van der Waals surface area contributed by atoms with Crippen molar-refractivity contribution in [3.8, 4) is 5.75 Å². The number of hydrogen-bond donors (Lipinski definition) is 0. The Morgan fingerprint density at radius 3 is 2.55 bits per heavy atom. The molecule has 0 radical (unpaired) electrons. The lowest BCUT2D eigenvalue weighted by atomic mass is 10.2. The molecule has 0 saturated carbocycles. The molecule has 3 nitrogen and oxygen atoms in total. The van der Waals surface area contributed by atoms with Gasteiger partial charge in [0.2, 0.25) is 0 Å². The lowest BCUT2D eigenvalue weighted by molar-refractivity contribution is -0.152. The molecular weight excluding hydrogens is 252 g/mol. The molecule has 0 aromatic heterocycles. The van der Waals surface area contributed by atoms with E-state index in [-0.39, 0.29) is 12.6 Å². The van der Waals surface area contributed by atoms with Crippen LogP contribution in [0.15, 0.2) is 54.6 Å². The Kier molecular flexibility index (Phi) is 4.77. The summed E-state index contributed by atoms with van der Waals surface area (Å²) < 4.78 is 10.8. The van der Waals surface area contributed by atoms with Gasteiger partial charge in [-0.1, -0.05) is 42.5 Å². The molecule has 3 heteroatoms. The Morgan fingerprint density at radius 2 is 1.85 bits per heavy atom. The molecule has 0 spiro atoms. The normalized spacial score (nSPS) is 11.7. The average molecular weight is 270 g/mol. The molecule has 2 rings (SSSR count). The van der Waals surface area contributed by atoms with E-state index in [0.29, 0.717) is 5.75 Å². The third-order valence-electron chi connectivity index (χ3n) is 2.86. The quantitative estimate of drug-likeness (QED) is 0.780. The molecule has 2 aromatic carbocycles. The standard InChI is InChI=1S/C17H18O3/c1-13-7-6-10-16(11-13)20-14(2)17(18)19-12-15-8-4-3-5-9-15/h3-11,14H,12H2,1-2H3. The van der Waals surface area contributed by atoms with Crippen LogP contribution in [0.5, 0.6) is 5.75 Å². The molecule has 0 N–H and O–H groups in total. The van der Waals surface area contributed by atoms with Crippen LogP contribution in [-0.2, 0) is 16.1 Å². The first kappa shape index (κ1) is 14.1. The van der Waals surface area contributed by atoms with Gasteiger partial charge in [0.25, 0.3) is 0 Å². The summed E-state index contributed by atoms with van der Waals surface area (Å²) in [6.45, 7) is 3.93. The van der Waals surface area contributed by atoms with Crippen LogP contribution in [-0.4, -0.2) is 12.1 Å². The van der Waals surface area contributed by atoms with E-state index in [1.807, 2.05) is 61.5 Å². The molecule has 0 heterocycles. The molecule has 1 unspecified atom stereocenters. The van der Waals surface area contributed by atoms with Crippen molar-refractivity contribution >= 4 is 5.97 Å². The Balaban J connectivity index is 1.86. The van der Waals surface area contributed by atoms with Gasteiger partial charge < -0.3 is 9.47 Å². The van der Waals surface area contributed by atoms with Crippen molar-refractivity contribution in [1.29, 1.82) is 0 Å². The van der Waals surface area contributed by atoms with Crippen molar-refractivity contribution in [1.82, 2.24) is 0 Å². The Labute approximate surface area is 119 Å². The largest absolute Gasteiger partial charge is 0.479 e. The minimum Gasteiger partial charge on any atom is -0.479 e. The van der Waals surface area contributed by atoms with Gasteiger partial charge in [0.15, 0.2) is 6.10 Å². The van der Waals surface area contributed by atoms with E-state index in [2.05, 4.69) is 0 Å². The van der Waals surface area contributed by atoms with E-state index >= 15 is 0 Å². The second-order valence-electron chi connectivity index (χ2n) is 4.67. The second kappa shape index (κ2) is 6.75. The minimum absolute atomic E-state index is 0.265. The summed E-state index contributed by atoms with van der Waals surface area (Å²) in [6.07, 6.45) is -0.625. The number of aryl methyl sites for hydroxylation is 1. The molecule has 0 bridgehead atoms. The molecule has 0 aliphatic heterocycles. The lowest BCUT2D eigenvalue weighted by Crippen LogP contribution is -2.26. The third-order valence-corrected chi connectivity index (χ3v) is 2.86. The van der Waals surface area contributed by atoms with E-state index in [0.717, 1.165) is 11.1 Å². The Morgan fingerprint density at radius 1 is 1.10 bits per heavy atom. The first-order valence-corrected chi connectivity index (χ1v) is 6.59. The fourth-order valence-electron chi connectivity index (χ4n) is 1.79. The van der Waals surface area contributed by atoms with Crippen LogP contribution in [0.25, 0.3) is 0 Å². The fourth-order valence-corrected chi connectivity index (χ4v) is 1.79. The van der Waals surface area contributed by atoms with Gasteiger partial charge in [-0.3, -0.25) is 0 Å². The van der Waals surface area contributed by atoms with Crippen LogP contribution in [0.4, 0.5) is 0 Å². The number of rotatable bonds is 5. The maximum atomic E-state index is 11.9. The molecule has 0 fully saturated rings. The number of ether oxygens (including phenoxy) is 2. The Bertz CT molecular complexity index is 563. The minimum atomic E-state index is -0.625. The van der Waals surface area contributed by atoms with Crippen molar-refractivity contribution in [3.05, 3.63) is 65.7 Å². The first-order chi connectivity index (χ1) is 9.65. The van der Waals surface area contributed by atoms with Crippen molar-refractivity contribution in [2.24, 2.45) is 0 Å². The predicted molar refractivity (Wildman–Crippen MR) is 77.5 cm³/mol. The molecule has 0 amide bonds. The van der Waals surface area contributed by atoms with Crippen molar-refractivity contribution in [2.45, 2.75) is 26.6 Å². The highest BCUT2D eigenvalue weighted by Gasteiger charge is 2.16. The summed E-state index contributed by atoms with van der Waals surface area (Å²) in [5.74, 6) is 0.310. The van der Waals surface area contributed by atoms with E-state index in [1.54, 1.807) is 6.92 Å². The van der Waals surface area contributed by atoms with E-state index in [1.165, 1.54) is 0 Å². The fraction of sp³-hybridized carbons (Fsp3) is 0.235. The number of esters is 1. The summed E-state index contributed by atoms with van der Waals surface area (Å²) >= 11 is 0. The summed E-state index contributed by atoms with van der Waals surface area (Å²) in [5.41, 5.74) is 2.05. The van der Waals surface area contributed by atoms with Crippen molar-refractivity contribution < 1.29 is 14.3 Å². The zero-order valence-electron chi connectivity index (χ0n) is 11.7. The molecule has 0 saturated heterocycles. The monoisotopic (exact) mass is 270 g/mol. The van der Waals surface area contributed by atoms with Crippen LogP contribution in [0.3, 0.4) is 0 Å². The molecule has 0 aliphatic rings. The molecule has 0 aliphatic carbocycles. The number of hydrogen-bond acceptors (Lipinski definition) is 3. The van der Waals surface area contributed by atoms with Crippen molar-refractivity contribution in [2.75, 3.05) is 0 Å². The molecule has 104 valence electrons. The first-order valence-electron chi connectivity index (χ1n) is 6.59. The van der Waals surface area contributed by atoms with Crippen molar-refractivity contribution in [3.63, 3.8) is 0 Å². The van der Waals surface area contributed by atoms with Crippen LogP contribution < -0.4 is 4.74 Å². The van der Waals surface area contributed by atoms with Crippen LogP contribution in [0.2, 0.25) is 0 Å². The van der Waals surface area contributed by atoms with Crippen LogP contribution >= 0.6 is 0 Å². The average Bonchev–Trinajstić information content (AvgIpc) is 2.46. The highest BCUT2D eigenvalue weighted by atomic mass is 16.6. The van der Waals surface area contributed by atoms with Gasteiger partial charge in [0.05, 0.1) is 0 Å². The summed E-state index contributed by atoms with van der Waals surface area (Å²) in [6, 6.07) is 17.2. The Hall–Kier alpha value is -2.29. The highest BCUT2D eigenvalue weighted by Crippen LogP contribution is 2.15. The zero-order valence-corrected chi connectivity index (χ0v) is 11.7. The SMILES string of the molecule is Cc1cccc(OC(C)C(=O)OCc2ccccc2)c1. The number of benzene rings is 2. The number of carbonyl (C=O) groups excluding carboxylic acids is 1. The van der Waals surface area contributed by atoms with Crippen LogP contribution in [0.1, 0.15) is 18.1 Å². The summed E-state index contributed by atoms with van der Waals surface area (Å²) in [7, 11) is 0. The predicted octanol–water partition coefficient (Wildman–Crippen LogP) is 3.51. The molecule has 20 heavy (non-hydrogen) atoms. The van der Waals surface area contributed by atoms with Gasteiger partial charge in [-0.2, -0.15) is 0 Å². The second-order valence-corrected chi connectivity index (χ2v) is 4.67. The molecule has 2 aromatic rings. The van der Waals surface area contributed by atoms with Gasteiger partial charge in [-0.15, -0.1) is 0 Å². The summed E-state index contributed by atoms with van der Waals surface area (Å²) in [5, 5.41) is 0. The smallest absolute Gasteiger partial charge is 0.347 e. The van der Waals surface area contributed by atoms with E-state index in [9.17, 15) is 4.79 Å². The van der Waals surface area contributed by atoms with Gasteiger partial charge in [-0.25, -0.2) is 4.79 Å². The zero-order chi connectivity index (χ0) is 14.4. The molecular formula is C17H18O3. The van der Waals surface area contributed by atoms with Gasteiger partial charge in [0.1, 0.15) is 12.4 Å². The van der Waals surface area contributed by atoms with Crippen LogP contribution in [0, 0.1) is 6.92 Å². The topological polar surface area (TPSA) is 35.5 Å². The maximum Gasteiger partial charge on any atom is 0.347 e. The number of carbonyl (C=O) groups is 1. The van der Waals surface area contributed by atoms with E-state index in [4.69, 9.17) is 9.47 Å². The molecule has 1 atom stereocenters. The third kappa shape index (κ3) is 4.12. The van der Waals surface area contributed by atoms with Gasteiger partial charge in [0, 0.05) is 0 Å². The van der Waals surface area contributed by atoms with Gasteiger partial charge >= 0.3 is 5.97 Å². The summed E-state index contributed by atoms with van der Waals surface area (Å²) in [4.78, 5) is 11.9. The maximum absolute atomic E-state index is 11.9. The lowest BCUT2D eigenvalue weighted by Gasteiger charge is -2.14.